The van der Waals surface area contributed by atoms with Crippen molar-refractivity contribution in [3.8, 4) is 10.6 Å². The van der Waals surface area contributed by atoms with E-state index >= 15 is 0 Å². The van der Waals surface area contributed by atoms with Crippen LogP contribution in [-0.4, -0.2) is 49.0 Å². The maximum Gasteiger partial charge on any atom is 0.433 e. The van der Waals surface area contributed by atoms with Gasteiger partial charge in [0.25, 0.3) is 5.91 Å². The molecule has 1 N–H and O–H groups in total. The lowest BCUT2D eigenvalue weighted by Gasteiger charge is -2.31. The Morgan fingerprint density at radius 3 is 2.86 bits per heavy atom. The topological polar surface area (TPSA) is 87.7 Å². The number of hydrogen-bond donors (Lipinski definition) is 1. The molecule has 0 aliphatic carbocycles. The number of hydrogen-bond acceptors (Lipinski definition) is 6. The number of H-pyrrole nitrogens is 1. The largest absolute Gasteiger partial charge is 0.433 e. The first-order valence-corrected chi connectivity index (χ1v) is 9.44. The Morgan fingerprint density at radius 1 is 1.32 bits per heavy atom. The van der Waals surface area contributed by atoms with E-state index in [2.05, 4.69) is 25.1 Å². The fourth-order valence-corrected chi connectivity index (χ4v) is 3.86. The van der Waals surface area contributed by atoms with Gasteiger partial charge in [0.1, 0.15) is 17.8 Å². The van der Waals surface area contributed by atoms with E-state index in [0.29, 0.717) is 24.3 Å². The summed E-state index contributed by atoms with van der Waals surface area (Å²) in [7, 11) is 0. The highest BCUT2D eigenvalue weighted by molar-refractivity contribution is 7.13. The predicted octanol–water partition coefficient (Wildman–Crippen LogP) is 3.36. The van der Waals surface area contributed by atoms with Gasteiger partial charge in [-0.25, -0.2) is 15.0 Å². The number of piperidine rings is 1. The molecule has 0 radical (unpaired) electrons. The predicted molar refractivity (Wildman–Crippen MR) is 94.6 cm³/mol. The maximum absolute atomic E-state index is 13.4. The van der Waals surface area contributed by atoms with Crippen LogP contribution >= 0.6 is 11.3 Å². The highest BCUT2D eigenvalue weighted by atomic mass is 32.1. The molecule has 0 bridgehead atoms. The summed E-state index contributed by atoms with van der Waals surface area (Å²) in [5, 5.41) is 7.96. The molecule has 4 rings (SSSR count). The lowest BCUT2D eigenvalue weighted by atomic mass is 9.96. The second-order valence-electron chi connectivity index (χ2n) is 6.40. The number of carbonyl (C=O) groups is 1. The maximum atomic E-state index is 13.4. The van der Waals surface area contributed by atoms with Crippen LogP contribution in [0.25, 0.3) is 10.6 Å². The zero-order valence-electron chi connectivity index (χ0n) is 14.5. The molecule has 146 valence electrons. The number of rotatable bonds is 3. The van der Waals surface area contributed by atoms with Crippen LogP contribution in [0, 0.1) is 0 Å². The average molecular weight is 408 g/mol. The minimum absolute atomic E-state index is 0.102. The zero-order chi connectivity index (χ0) is 19.7. The molecule has 0 spiro atoms. The molecule has 1 saturated heterocycles. The lowest BCUT2D eigenvalue weighted by molar-refractivity contribution is -0.141. The van der Waals surface area contributed by atoms with Crippen molar-refractivity contribution in [2.75, 3.05) is 13.1 Å². The van der Waals surface area contributed by atoms with E-state index in [1.807, 2.05) is 0 Å². The minimum atomic E-state index is -4.58. The fraction of sp³-hybridized carbons (Fsp3) is 0.353. The van der Waals surface area contributed by atoms with Crippen LogP contribution in [-0.2, 0) is 6.18 Å². The summed E-state index contributed by atoms with van der Waals surface area (Å²) in [5.74, 6) is -0.521. The first-order chi connectivity index (χ1) is 13.4. The Labute approximate surface area is 161 Å². The summed E-state index contributed by atoms with van der Waals surface area (Å²) in [5.41, 5.74) is -0.731. The van der Waals surface area contributed by atoms with Crippen LogP contribution in [0.4, 0.5) is 13.2 Å². The van der Waals surface area contributed by atoms with Gasteiger partial charge in [-0.05, 0) is 30.4 Å². The Kier molecular flexibility index (Phi) is 4.84. The highest BCUT2D eigenvalue weighted by Crippen LogP contribution is 2.34. The van der Waals surface area contributed by atoms with E-state index in [4.69, 9.17) is 0 Å². The first-order valence-electron chi connectivity index (χ1n) is 8.56. The van der Waals surface area contributed by atoms with Crippen LogP contribution in [0.3, 0.4) is 0 Å². The number of thiophene rings is 1. The van der Waals surface area contributed by atoms with E-state index in [1.165, 1.54) is 17.7 Å². The normalized spacial score (nSPS) is 17.7. The highest BCUT2D eigenvalue weighted by Gasteiger charge is 2.36. The number of likely N-dealkylation sites (tertiary alicyclic amines) is 1. The molecule has 1 aliphatic rings. The summed E-state index contributed by atoms with van der Waals surface area (Å²) in [6.07, 6.45) is -2.10. The van der Waals surface area contributed by atoms with E-state index in [1.54, 1.807) is 22.4 Å². The third-order valence-corrected chi connectivity index (χ3v) is 5.39. The molecule has 0 aromatic carbocycles. The molecule has 0 saturated carbocycles. The number of aromatic amines is 1. The van der Waals surface area contributed by atoms with Crippen molar-refractivity contribution < 1.29 is 18.0 Å². The van der Waals surface area contributed by atoms with Crippen LogP contribution in [0.2, 0.25) is 0 Å². The standard InChI is InChI=1S/C17H15F3N6OS/c18-17(19,20)13-7-11(12-4-2-6-28-12)23-14(24-13)10-3-1-5-26(8-10)16(27)15-21-9-22-25-15/h2,4,6-7,9-10H,1,3,5,8H2,(H,21,22,25). The van der Waals surface area contributed by atoms with Gasteiger partial charge in [-0.15, -0.1) is 11.3 Å². The Balaban J connectivity index is 1.65. The molecule has 7 nitrogen and oxygen atoms in total. The molecule has 1 aliphatic heterocycles. The Hall–Kier alpha value is -2.82. The summed E-state index contributed by atoms with van der Waals surface area (Å²) in [4.78, 5) is 26.7. The van der Waals surface area contributed by atoms with Gasteiger partial charge in [0.2, 0.25) is 5.82 Å². The van der Waals surface area contributed by atoms with Crippen molar-refractivity contribution in [2.45, 2.75) is 24.9 Å². The van der Waals surface area contributed by atoms with Crippen molar-refractivity contribution in [3.63, 3.8) is 0 Å². The molecule has 3 aromatic rings. The van der Waals surface area contributed by atoms with Gasteiger partial charge in [0, 0.05) is 19.0 Å². The van der Waals surface area contributed by atoms with Crippen LogP contribution in [0.15, 0.2) is 29.9 Å². The van der Waals surface area contributed by atoms with Gasteiger partial charge >= 0.3 is 6.18 Å². The molecule has 3 aromatic heterocycles. The van der Waals surface area contributed by atoms with Gasteiger partial charge in [0.15, 0.2) is 0 Å². The van der Waals surface area contributed by atoms with E-state index in [9.17, 15) is 18.0 Å². The smallest absolute Gasteiger partial charge is 0.335 e. The molecule has 4 heterocycles. The number of aromatic nitrogens is 5. The van der Waals surface area contributed by atoms with Crippen molar-refractivity contribution >= 4 is 17.2 Å². The van der Waals surface area contributed by atoms with Crippen molar-refractivity contribution in [1.82, 2.24) is 30.0 Å². The molecular weight excluding hydrogens is 393 g/mol. The molecule has 1 fully saturated rings. The summed E-state index contributed by atoms with van der Waals surface area (Å²) in [6, 6.07) is 4.45. The number of alkyl halides is 3. The number of nitrogens with one attached hydrogen (secondary N) is 1. The Bertz CT molecular complexity index is 958. The van der Waals surface area contributed by atoms with Crippen LogP contribution in [0.5, 0.6) is 0 Å². The van der Waals surface area contributed by atoms with E-state index in [-0.39, 0.29) is 35.7 Å². The SMILES string of the molecule is O=C(c1ncn[nH]1)N1CCCC(c2nc(-c3cccs3)cc(C(F)(F)F)n2)C1. The second-order valence-corrected chi connectivity index (χ2v) is 7.34. The summed E-state index contributed by atoms with van der Waals surface area (Å²) >= 11 is 1.31. The third-order valence-electron chi connectivity index (χ3n) is 4.50. The molecule has 1 amide bonds. The molecule has 1 unspecified atom stereocenters. The quantitative estimate of drug-likeness (QED) is 0.718. The van der Waals surface area contributed by atoms with Gasteiger partial charge in [-0.3, -0.25) is 9.89 Å². The second kappa shape index (κ2) is 7.30. The van der Waals surface area contributed by atoms with Crippen molar-refractivity contribution in [1.29, 1.82) is 0 Å². The molecule has 28 heavy (non-hydrogen) atoms. The summed E-state index contributed by atoms with van der Waals surface area (Å²) < 4.78 is 40.1. The third kappa shape index (κ3) is 3.75. The number of carbonyl (C=O) groups excluding carboxylic acids is 1. The molecule has 1 atom stereocenters. The summed E-state index contributed by atoms with van der Waals surface area (Å²) in [6.45, 7) is 0.720. The van der Waals surface area contributed by atoms with Crippen molar-refractivity contribution in [2.24, 2.45) is 0 Å². The number of halogens is 3. The monoisotopic (exact) mass is 408 g/mol. The molecule has 11 heteroatoms. The Morgan fingerprint density at radius 2 is 2.18 bits per heavy atom. The average Bonchev–Trinajstić information content (AvgIpc) is 3.40. The number of nitrogens with zero attached hydrogens (tertiary/aromatic N) is 5. The van der Waals surface area contributed by atoms with Crippen molar-refractivity contribution in [3.05, 3.63) is 47.2 Å². The first kappa shape index (κ1) is 18.5. The fourth-order valence-electron chi connectivity index (χ4n) is 3.17. The van der Waals surface area contributed by atoms with E-state index < -0.39 is 11.9 Å². The van der Waals surface area contributed by atoms with Gasteiger partial charge in [-0.2, -0.15) is 18.3 Å². The van der Waals surface area contributed by atoms with E-state index in [0.717, 1.165) is 6.07 Å². The minimum Gasteiger partial charge on any atom is -0.335 e. The molecular formula is C17H15F3N6OS. The lowest BCUT2D eigenvalue weighted by Crippen LogP contribution is -2.40. The zero-order valence-corrected chi connectivity index (χ0v) is 15.3. The van der Waals surface area contributed by atoms with Gasteiger partial charge in [0.05, 0.1) is 10.6 Å². The van der Waals surface area contributed by atoms with Gasteiger partial charge in [-0.1, -0.05) is 6.07 Å². The van der Waals surface area contributed by atoms with Crippen LogP contribution < -0.4 is 0 Å². The number of amides is 1. The van der Waals surface area contributed by atoms with Gasteiger partial charge < -0.3 is 4.90 Å². The van der Waals surface area contributed by atoms with Crippen LogP contribution in [0.1, 0.15) is 40.9 Å².